The van der Waals surface area contributed by atoms with Crippen molar-refractivity contribution in [3.8, 4) is 33.8 Å². The molecule has 1 aliphatic heterocycles. The number of ether oxygens (including phenoxy) is 3. The molecule has 11 nitrogen and oxygen atoms in total. The molecule has 1 amide bonds. The predicted molar refractivity (Wildman–Crippen MR) is 179 cm³/mol. The lowest BCUT2D eigenvalue weighted by atomic mass is 9.89. The van der Waals surface area contributed by atoms with Crippen LogP contribution in [0, 0.1) is 0 Å². The molecule has 0 bridgehead atoms. The fourth-order valence-corrected chi connectivity index (χ4v) is 6.99. The molecule has 3 heterocycles. The number of carboxylic acid groups (broad SMARTS) is 1. The molecule has 48 heavy (non-hydrogen) atoms. The lowest BCUT2D eigenvalue weighted by molar-refractivity contribution is -0.153. The maximum absolute atomic E-state index is 13.0. The maximum Gasteiger partial charge on any atom is 0.408 e. The molecule has 0 unspecified atom stereocenters. The normalized spacial score (nSPS) is 14.9. The Bertz CT molecular complexity index is 2070. The van der Waals surface area contributed by atoms with Crippen LogP contribution in [0.5, 0.6) is 11.5 Å². The Kier molecular flexibility index (Phi) is 7.84. The van der Waals surface area contributed by atoms with Crippen LogP contribution >= 0.6 is 0 Å². The highest BCUT2D eigenvalue weighted by Gasteiger charge is 2.51. The SMILES string of the molecule is COc1cc(-c2cn(C)c(=O)c3cnccc23)cc(OC)c1CN1CC(NC(=O)OCC2c3ccccc3-c3ccccc32)(C(=O)O)C1. The smallest absolute Gasteiger partial charge is 0.408 e. The molecule has 1 fully saturated rings. The first-order chi connectivity index (χ1) is 23.2. The van der Waals surface area contributed by atoms with Crippen molar-refractivity contribution in [3.05, 3.63) is 112 Å². The van der Waals surface area contributed by atoms with E-state index in [-0.39, 0.29) is 31.2 Å². The van der Waals surface area contributed by atoms with Crippen LogP contribution in [-0.4, -0.2) is 71.1 Å². The number of likely N-dealkylation sites (tertiary alicyclic amines) is 1. The molecule has 0 saturated carbocycles. The van der Waals surface area contributed by atoms with E-state index in [1.165, 1.54) is 4.57 Å². The Hall–Kier alpha value is -5.68. The topological polar surface area (TPSA) is 132 Å². The van der Waals surface area contributed by atoms with Gasteiger partial charge in [-0.3, -0.25) is 14.7 Å². The number of fused-ring (bicyclic) bond motifs is 4. The summed E-state index contributed by atoms with van der Waals surface area (Å²) in [6.07, 6.45) is 4.19. The zero-order chi connectivity index (χ0) is 33.6. The third kappa shape index (κ3) is 5.22. The molecule has 244 valence electrons. The fourth-order valence-electron chi connectivity index (χ4n) is 6.99. The van der Waals surface area contributed by atoms with Crippen molar-refractivity contribution in [1.82, 2.24) is 19.8 Å². The third-order valence-electron chi connectivity index (χ3n) is 9.37. The monoisotopic (exact) mass is 646 g/mol. The number of carboxylic acids is 1. The van der Waals surface area contributed by atoms with Crippen molar-refractivity contribution in [2.24, 2.45) is 7.05 Å². The van der Waals surface area contributed by atoms with Crippen molar-refractivity contribution >= 4 is 22.8 Å². The van der Waals surface area contributed by atoms with Crippen LogP contribution in [0.15, 0.2) is 90.1 Å². The van der Waals surface area contributed by atoms with Gasteiger partial charge in [0.25, 0.3) is 5.56 Å². The molecule has 0 spiro atoms. The second-order valence-corrected chi connectivity index (χ2v) is 12.2. The number of nitrogens with one attached hydrogen (secondary N) is 1. The van der Waals surface area contributed by atoms with Crippen LogP contribution < -0.4 is 20.3 Å². The number of hydrogen-bond acceptors (Lipinski definition) is 8. The quantitative estimate of drug-likeness (QED) is 0.232. The molecule has 0 radical (unpaired) electrons. The van der Waals surface area contributed by atoms with Gasteiger partial charge in [0.05, 0.1) is 25.2 Å². The zero-order valence-electron chi connectivity index (χ0n) is 26.7. The van der Waals surface area contributed by atoms with Crippen LogP contribution in [0.3, 0.4) is 0 Å². The summed E-state index contributed by atoms with van der Waals surface area (Å²) in [7, 11) is 4.80. The highest BCUT2D eigenvalue weighted by Crippen LogP contribution is 2.44. The third-order valence-corrected chi connectivity index (χ3v) is 9.37. The average Bonchev–Trinajstić information content (AvgIpc) is 3.41. The molecule has 5 aromatic rings. The van der Waals surface area contributed by atoms with Crippen molar-refractivity contribution in [2.45, 2.75) is 18.0 Å². The van der Waals surface area contributed by atoms with Gasteiger partial charge in [0.1, 0.15) is 18.1 Å². The summed E-state index contributed by atoms with van der Waals surface area (Å²) in [5.41, 5.74) is 5.01. The van der Waals surface area contributed by atoms with E-state index in [0.29, 0.717) is 23.4 Å². The Morgan fingerprint density at radius 2 is 1.56 bits per heavy atom. The van der Waals surface area contributed by atoms with E-state index in [1.54, 1.807) is 45.9 Å². The highest BCUT2D eigenvalue weighted by atomic mass is 16.5. The Morgan fingerprint density at radius 3 is 2.17 bits per heavy atom. The van der Waals surface area contributed by atoms with E-state index in [1.807, 2.05) is 53.4 Å². The van der Waals surface area contributed by atoms with Crippen LogP contribution in [0.25, 0.3) is 33.0 Å². The number of alkyl carbamates (subject to hydrolysis) is 1. The van der Waals surface area contributed by atoms with E-state index in [0.717, 1.165) is 44.3 Å². The number of hydrogen-bond donors (Lipinski definition) is 2. The number of benzene rings is 3. The minimum Gasteiger partial charge on any atom is -0.496 e. The molecule has 1 aliphatic carbocycles. The van der Waals surface area contributed by atoms with Gasteiger partial charge in [0, 0.05) is 56.8 Å². The van der Waals surface area contributed by atoms with Crippen molar-refractivity contribution in [1.29, 1.82) is 0 Å². The van der Waals surface area contributed by atoms with Crippen molar-refractivity contribution in [3.63, 3.8) is 0 Å². The molecule has 2 aromatic heterocycles. The summed E-state index contributed by atoms with van der Waals surface area (Å²) in [6.45, 7) is 0.505. The van der Waals surface area contributed by atoms with Crippen molar-refractivity contribution < 1.29 is 28.9 Å². The lowest BCUT2D eigenvalue weighted by Gasteiger charge is -2.47. The van der Waals surface area contributed by atoms with E-state index < -0.39 is 17.6 Å². The molecule has 2 aliphatic rings. The number of aliphatic carboxylic acids is 1. The molecule has 2 N–H and O–H groups in total. The number of amides is 1. The standard InChI is InChI=1S/C37H34N4O7/c1-40-17-29(27-12-13-38-16-28(27)34(40)42)22-14-32(46-2)30(33(15-22)47-3)18-41-20-37(21-41,35(43)44)39-36(45)48-19-31-25-10-6-4-8-23(25)24-9-5-7-11-26(24)31/h4-17,31H,18-21H2,1-3H3,(H,39,45)(H,43,44). The summed E-state index contributed by atoms with van der Waals surface area (Å²) < 4.78 is 18.7. The van der Waals surface area contributed by atoms with Gasteiger partial charge in [-0.1, -0.05) is 48.5 Å². The number of rotatable bonds is 9. The summed E-state index contributed by atoms with van der Waals surface area (Å²) in [6, 6.07) is 21.6. The number of aryl methyl sites for hydroxylation is 1. The highest BCUT2D eigenvalue weighted by molar-refractivity contribution is 5.96. The zero-order valence-corrected chi connectivity index (χ0v) is 26.7. The Labute approximate surface area is 276 Å². The van der Waals surface area contributed by atoms with Crippen LogP contribution in [0.2, 0.25) is 0 Å². The number of aromatic nitrogens is 2. The summed E-state index contributed by atoms with van der Waals surface area (Å²) in [5.74, 6) is -0.201. The first-order valence-corrected chi connectivity index (χ1v) is 15.5. The van der Waals surface area contributed by atoms with Crippen LogP contribution in [0.4, 0.5) is 4.79 Å². The van der Waals surface area contributed by atoms with E-state index >= 15 is 0 Å². The lowest BCUT2D eigenvalue weighted by Crippen LogP contribution is -2.73. The van der Waals surface area contributed by atoms with Gasteiger partial charge < -0.3 is 29.2 Å². The average molecular weight is 647 g/mol. The molecule has 7 rings (SSSR count). The van der Waals surface area contributed by atoms with Crippen molar-refractivity contribution in [2.75, 3.05) is 33.9 Å². The maximum atomic E-state index is 13.0. The van der Waals surface area contributed by atoms with Crippen LogP contribution in [-0.2, 0) is 23.1 Å². The molecule has 11 heteroatoms. The van der Waals surface area contributed by atoms with Gasteiger partial charge >= 0.3 is 12.1 Å². The molecular weight excluding hydrogens is 612 g/mol. The minimum atomic E-state index is -1.51. The summed E-state index contributed by atoms with van der Waals surface area (Å²) in [5, 5.41) is 14.1. The second kappa shape index (κ2) is 12.2. The first kappa shape index (κ1) is 30.9. The van der Waals surface area contributed by atoms with Gasteiger partial charge in [-0.15, -0.1) is 0 Å². The second-order valence-electron chi connectivity index (χ2n) is 12.2. The van der Waals surface area contributed by atoms with Gasteiger partial charge in [0.15, 0.2) is 5.54 Å². The number of carbonyl (C=O) groups is 2. The summed E-state index contributed by atoms with van der Waals surface area (Å²) in [4.78, 5) is 44.2. The van der Waals surface area contributed by atoms with E-state index in [2.05, 4.69) is 22.4 Å². The largest absolute Gasteiger partial charge is 0.496 e. The van der Waals surface area contributed by atoms with E-state index in [9.17, 15) is 19.5 Å². The summed E-state index contributed by atoms with van der Waals surface area (Å²) >= 11 is 0. The number of pyridine rings is 2. The van der Waals surface area contributed by atoms with Gasteiger partial charge in [-0.2, -0.15) is 0 Å². The number of methoxy groups -OCH3 is 2. The van der Waals surface area contributed by atoms with E-state index in [4.69, 9.17) is 14.2 Å². The Morgan fingerprint density at radius 1 is 0.938 bits per heavy atom. The fraction of sp³-hybridized carbons (Fsp3) is 0.243. The molecule has 1 saturated heterocycles. The van der Waals surface area contributed by atoms with Gasteiger partial charge in [-0.25, -0.2) is 9.59 Å². The van der Waals surface area contributed by atoms with Gasteiger partial charge in [-0.05, 0) is 51.4 Å². The first-order valence-electron chi connectivity index (χ1n) is 15.5. The molecule has 3 aromatic carbocycles. The molecule has 0 atom stereocenters. The predicted octanol–water partition coefficient (Wildman–Crippen LogP) is 4.80. The Balaban J connectivity index is 1.07. The van der Waals surface area contributed by atoms with Crippen LogP contribution in [0.1, 0.15) is 22.6 Å². The number of nitrogens with zero attached hydrogens (tertiary/aromatic N) is 3. The van der Waals surface area contributed by atoms with Gasteiger partial charge in [0.2, 0.25) is 0 Å². The molecular formula is C37H34N4O7. The minimum absolute atomic E-state index is 0.0546. The number of carbonyl (C=O) groups excluding carboxylic acids is 1.